The Morgan fingerprint density at radius 3 is 2.53 bits per heavy atom. The molecule has 1 fully saturated rings. The molecule has 0 saturated heterocycles. The van der Waals surface area contributed by atoms with E-state index in [9.17, 15) is 9.59 Å². The summed E-state index contributed by atoms with van der Waals surface area (Å²) in [5.41, 5.74) is 5.51. The molecule has 0 bridgehead atoms. The molecule has 1 aliphatic carbocycles. The average Bonchev–Trinajstić information content (AvgIpc) is 2.38. The van der Waals surface area contributed by atoms with Gasteiger partial charge in [-0.05, 0) is 32.6 Å². The molecule has 19 heavy (non-hydrogen) atoms. The van der Waals surface area contributed by atoms with Crippen LogP contribution < -0.4 is 16.4 Å². The first kappa shape index (κ1) is 16.0. The SMILES string of the molecule is CNC(=O)C(C)(C)CNC(=O)C1CCCC(C)C1N. The van der Waals surface area contributed by atoms with E-state index in [1.165, 1.54) is 0 Å². The van der Waals surface area contributed by atoms with Crippen LogP contribution in [0.15, 0.2) is 0 Å². The Kier molecular flexibility index (Phi) is 5.35. The van der Waals surface area contributed by atoms with E-state index in [4.69, 9.17) is 5.73 Å². The van der Waals surface area contributed by atoms with E-state index >= 15 is 0 Å². The lowest BCUT2D eigenvalue weighted by Crippen LogP contribution is -2.50. The molecule has 4 N–H and O–H groups in total. The van der Waals surface area contributed by atoms with Crippen LogP contribution in [0.2, 0.25) is 0 Å². The fourth-order valence-corrected chi connectivity index (χ4v) is 2.60. The summed E-state index contributed by atoms with van der Waals surface area (Å²) in [7, 11) is 1.60. The fourth-order valence-electron chi connectivity index (χ4n) is 2.60. The summed E-state index contributed by atoms with van der Waals surface area (Å²) in [6.45, 7) is 6.06. The van der Waals surface area contributed by atoms with Gasteiger partial charge in [0.25, 0.3) is 0 Å². The molecule has 3 atom stereocenters. The Morgan fingerprint density at radius 1 is 1.32 bits per heavy atom. The van der Waals surface area contributed by atoms with E-state index in [1.807, 2.05) is 13.8 Å². The van der Waals surface area contributed by atoms with E-state index in [0.717, 1.165) is 19.3 Å². The van der Waals surface area contributed by atoms with Crippen LogP contribution in [0, 0.1) is 17.3 Å². The van der Waals surface area contributed by atoms with Crippen LogP contribution in [0.3, 0.4) is 0 Å². The number of amides is 2. The lowest BCUT2D eigenvalue weighted by atomic mass is 9.77. The van der Waals surface area contributed by atoms with Crippen molar-refractivity contribution in [3.05, 3.63) is 0 Å². The van der Waals surface area contributed by atoms with Crippen molar-refractivity contribution in [3.8, 4) is 0 Å². The first-order chi connectivity index (χ1) is 8.79. The molecule has 5 nitrogen and oxygen atoms in total. The second-order valence-electron chi connectivity index (χ2n) is 6.27. The minimum Gasteiger partial charge on any atom is -0.359 e. The van der Waals surface area contributed by atoms with E-state index in [1.54, 1.807) is 7.05 Å². The molecule has 0 heterocycles. The normalized spacial score (nSPS) is 27.7. The predicted octanol–water partition coefficient (Wildman–Crippen LogP) is 0.638. The Hall–Kier alpha value is -1.10. The summed E-state index contributed by atoms with van der Waals surface area (Å²) in [6, 6.07) is -0.0723. The largest absolute Gasteiger partial charge is 0.359 e. The third-order valence-corrected chi connectivity index (χ3v) is 4.18. The number of carbonyl (C=O) groups excluding carboxylic acids is 2. The van der Waals surface area contributed by atoms with Crippen LogP contribution in [0.25, 0.3) is 0 Å². The second-order valence-corrected chi connectivity index (χ2v) is 6.27. The molecule has 1 rings (SSSR count). The zero-order valence-corrected chi connectivity index (χ0v) is 12.5. The van der Waals surface area contributed by atoms with Crippen molar-refractivity contribution < 1.29 is 9.59 Å². The molecular formula is C14H27N3O2. The number of carbonyl (C=O) groups is 2. The smallest absolute Gasteiger partial charge is 0.227 e. The highest BCUT2D eigenvalue weighted by Gasteiger charge is 2.34. The lowest BCUT2D eigenvalue weighted by molar-refractivity contribution is -0.131. The van der Waals surface area contributed by atoms with Gasteiger partial charge in [0.2, 0.25) is 11.8 Å². The minimum absolute atomic E-state index is 0.0176. The molecule has 5 heteroatoms. The summed E-state index contributed by atoms with van der Waals surface area (Å²) >= 11 is 0. The molecular weight excluding hydrogens is 242 g/mol. The highest BCUT2D eigenvalue weighted by atomic mass is 16.2. The van der Waals surface area contributed by atoms with Gasteiger partial charge in [-0.2, -0.15) is 0 Å². The molecule has 110 valence electrons. The average molecular weight is 269 g/mol. The van der Waals surface area contributed by atoms with Gasteiger partial charge in [0.05, 0.1) is 11.3 Å². The maximum atomic E-state index is 12.2. The number of nitrogens with one attached hydrogen (secondary N) is 2. The fraction of sp³-hybridized carbons (Fsp3) is 0.857. The van der Waals surface area contributed by atoms with Gasteiger partial charge in [-0.1, -0.05) is 13.3 Å². The van der Waals surface area contributed by atoms with Crippen LogP contribution >= 0.6 is 0 Å². The van der Waals surface area contributed by atoms with E-state index in [-0.39, 0.29) is 23.8 Å². The first-order valence-corrected chi connectivity index (χ1v) is 7.05. The molecule has 0 aromatic heterocycles. The molecule has 1 saturated carbocycles. The van der Waals surface area contributed by atoms with Crippen LogP contribution in [0.4, 0.5) is 0 Å². The highest BCUT2D eigenvalue weighted by molar-refractivity contribution is 5.84. The molecule has 0 aromatic rings. The van der Waals surface area contributed by atoms with Crippen molar-refractivity contribution in [1.82, 2.24) is 10.6 Å². The second kappa shape index (κ2) is 6.37. The molecule has 2 amide bonds. The van der Waals surface area contributed by atoms with E-state index in [2.05, 4.69) is 17.6 Å². The minimum atomic E-state index is -0.602. The standard InChI is InChI=1S/C14H27N3O2/c1-9-6-5-7-10(11(9)15)12(18)17-8-14(2,3)13(19)16-4/h9-11H,5-8,15H2,1-4H3,(H,16,19)(H,17,18). The van der Waals surface area contributed by atoms with Gasteiger partial charge in [0.1, 0.15) is 0 Å². The molecule has 0 aliphatic heterocycles. The van der Waals surface area contributed by atoms with Crippen LogP contribution in [-0.2, 0) is 9.59 Å². The Bertz CT molecular complexity index is 342. The third-order valence-electron chi connectivity index (χ3n) is 4.18. The van der Waals surface area contributed by atoms with Gasteiger partial charge in [0, 0.05) is 19.6 Å². The molecule has 0 spiro atoms. The quantitative estimate of drug-likeness (QED) is 0.700. The third kappa shape index (κ3) is 3.93. The number of hydrogen-bond donors (Lipinski definition) is 3. The molecule has 0 aromatic carbocycles. The Labute approximate surface area is 115 Å². The van der Waals surface area contributed by atoms with Crippen molar-refractivity contribution in [2.45, 2.75) is 46.1 Å². The summed E-state index contributed by atoms with van der Waals surface area (Å²) in [5, 5.41) is 5.49. The topological polar surface area (TPSA) is 84.2 Å². The molecule has 3 unspecified atom stereocenters. The van der Waals surface area contributed by atoms with Crippen molar-refractivity contribution in [2.24, 2.45) is 23.0 Å². The number of rotatable bonds is 4. The van der Waals surface area contributed by atoms with Gasteiger partial charge in [-0.3, -0.25) is 9.59 Å². The van der Waals surface area contributed by atoms with Crippen molar-refractivity contribution in [3.63, 3.8) is 0 Å². The Morgan fingerprint density at radius 2 is 1.95 bits per heavy atom. The van der Waals surface area contributed by atoms with Crippen molar-refractivity contribution >= 4 is 11.8 Å². The van der Waals surface area contributed by atoms with Crippen molar-refractivity contribution in [2.75, 3.05) is 13.6 Å². The summed E-state index contributed by atoms with van der Waals surface area (Å²) < 4.78 is 0. The van der Waals surface area contributed by atoms with E-state index in [0.29, 0.717) is 12.5 Å². The van der Waals surface area contributed by atoms with Gasteiger partial charge < -0.3 is 16.4 Å². The number of hydrogen-bond acceptors (Lipinski definition) is 3. The van der Waals surface area contributed by atoms with Crippen molar-refractivity contribution in [1.29, 1.82) is 0 Å². The predicted molar refractivity (Wildman–Crippen MR) is 75.3 cm³/mol. The van der Waals surface area contributed by atoms with Gasteiger partial charge in [-0.15, -0.1) is 0 Å². The maximum absolute atomic E-state index is 12.2. The number of nitrogens with two attached hydrogens (primary N) is 1. The van der Waals surface area contributed by atoms with E-state index < -0.39 is 5.41 Å². The summed E-state index contributed by atoms with van der Waals surface area (Å²) in [4.78, 5) is 23.8. The zero-order chi connectivity index (χ0) is 14.6. The maximum Gasteiger partial charge on any atom is 0.227 e. The van der Waals surface area contributed by atoms with Crippen LogP contribution in [0.5, 0.6) is 0 Å². The van der Waals surface area contributed by atoms with Gasteiger partial charge in [-0.25, -0.2) is 0 Å². The molecule has 1 aliphatic rings. The monoisotopic (exact) mass is 269 g/mol. The highest BCUT2D eigenvalue weighted by Crippen LogP contribution is 2.28. The van der Waals surface area contributed by atoms with Gasteiger partial charge in [0.15, 0.2) is 0 Å². The molecule has 0 radical (unpaired) electrons. The Balaban J connectivity index is 2.53. The summed E-state index contributed by atoms with van der Waals surface area (Å²) in [6.07, 6.45) is 2.98. The summed E-state index contributed by atoms with van der Waals surface area (Å²) in [5.74, 6) is 0.172. The van der Waals surface area contributed by atoms with Crippen LogP contribution in [-0.4, -0.2) is 31.4 Å². The first-order valence-electron chi connectivity index (χ1n) is 7.05. The zero-order valence-electron chi connectivity index (χ0n) is 12.5. The van der Waals surface area contributed by atoms with Gasteiger partial charge >= 0.3 is 0 Å². The van der Waals surface area contributed by atoms with Crippen LogP contribution in [0.1, 0.15) is 40.0 Å². The lowest BCUT2D eigenvalue weighted by Gasteiger charge is -2.33.